The van der Waals surface area contributed by atoms with Crippen LogP contribution in [0, 0.1) is 11.7 Å². The summed E-state index contributed by atoms with van der Waals surface area (Å²) in [6, 6.07) is 6.04. The van der Waals surface area contributed by atoms with Crippen LogP contribution in [0.5, 0.6) is 17.2 Å². The van der Waals surface area contributed by atoms with Gasteiger partial charge in [-0.1, -0.05) is 13.8 Å². The monoisotopic (exact) mass is 504 g/mol. The molecule has 0 spiro atoms. The van der Waals surface area contributed by atoms with Crippen molar-refractivity contribution in [2.45, 2.75) is 64.4 Å². The number of methoxy groups -OCH3 is 1. The van der Waals surface area contributed by atoms with Crippen LogP contribution in [-0.4, -0.2) is 60.0 Å². The lowest BCUT2D eigenvalue weighted by Crippen LogP contribution is -2.47. The standard InChI is InChI=1S/C26H33FN2O7/c1-15(2)14-34-21-7-5-6-19(29-25(31)22-23(30)20(33-4)12-13-28-22)26(32)35-16(3)24(21)36-18-10-8-17(27)9-11-18/h8-13,15-16,19,21,24,30H,5-7,14H2,1-4H3,(H,29,31). The molecule has 0 radical (unpaired) electrons. The predicted molar refractivity (Wildman–Crippen MR) is 129 cm³/mol. The minimum atomic E-state index is -0.970. The van der Waals surface area contributed by atoms with Gasteiger partial charge in [-0.3, -0.25) is 4.79 Å². The van der Waals surface area contributed by atoms with Crippen LogP contribution in [-0.2, 0) is 14.3 Å². The van der Waals surface area contributed by atoms with E-state index in [9.17, 15) is 19.1 Å². The van der Waals surface area contributed by atoms with Gasteiger partial charge in [0.25, 0.3) is 5.91 Å². The van der Waals surface area contributed by atoms with Gasteiger partial charge >= 0.3 is 5.97 Å². The van der Waals surface area contributed by atoms with Gasteiger partial charge in [-0.2, -0.15) is 0 Å². The Morgan fingerprint density at radius 2 is 1.97 bits per heavy atom. The van der Waals surface area contributed by atoms with E-state index in [-0.39, 0.29) is 29.6 Å². The molecule has 3 rings (SSSR count). The van der Waals surface area contributed by atoms with E-state index >= 15 is 0 Å². The molecule has 2 aromatic rings. The number of rotatable bonds is 8. The lowest BCUT2D eigenvalue weighted by molar-refractivity contribution is -0.159. The fraction of sp³-hybridized carbons (Fsp3) is 0.500. The van der Waals surface area contributed by atoms with E-state index in [4.69, 9.17) is 18.9 Å². The number of halogens is 1. The van der Waals surface area contributed by atoms with Crippen LogP contribution in [0.25, 0.3) is 0 Å². The molecule has 0 aliphatic carbocycles. The molecule has 1 fully saturated rings. The predicted octanol–water partition coefficient (Wildman–Crippen LogP) is 3.64. The van der Waals surface area contributed by atoms with Gasteiger partial charge in [-0.25, -0.2) is 14.2 Å². The lowest BCUT2D eigenvalue weighted by Gasteiger charge is -2.32. The quantitative estimate of drug-likeness (QED) is 0.524. The van der Waals surface area contributed by atoms with Gasteiger partial charge in [-0.05, 0) is 56.4 Å². The van der Waals surface area contributed by atoms with Gasteiger partial charge in [0.05, 0.1) is 13.2 Å². The number of aromatic nitrogens is 1. The second kappa shape index (κ2) is 12.5. The number of carbonyl (C=O) groups is 2. The molecule has 4 unspecified atom stereocenters. The second-order valence-electron chi connectivity index (χ2n) is 9.11. The Hall–Kier alpha value is -3.40. The van der Waals surface area contributed by atoms with Crippen molar-refractivity contribution in [2.24, 2.45) is 5.92 Å². The summed E-state index contributed by atoms with van der Waals surface area (Å²) in [5.41, 5.74) is -0.259. The number of benzene rings is 1. The first-order valence-electron chi connectivity index (χ1n) is 12.0. The number of hydrogen-bond acceptors (Lipinski definition) is 8. The van der Waals surface area contributed by atoms with Gasteiger partial charge in [-0.15, -0.1) is 0 Å². The highest BCUT2D eigenvalue weighted by Gasteiger charge is 2.37. The molecule has 0 saturated carbocycles. The summed E-state index contributed by atoms with van der Waals surface area (Å²) in [7, 11) is 1.36. The first-order chi connectivity index (χ1) is 17.2. The Morgan fingerprint density at radius 1 is 1.25 bits per heavy atom. The van der Waals surface area contributed by atoms with Crippen molar-refractivity contribution >= 4 is 11.9 Å². The maximum Gasteiger partial charge on any atom is 0.329 e. The Kier molecular flexibility index (Phi) is 9.46. The number of ether oxygens (including phenoxy) is 4. The van der Waals surface area contributed by atoms with E-state index in [2.05, 4.69) is 10.3 Å². The zero-order valence-electron chi connectivity index (χ0n) is 20.9. The van der Waals surface area contributed by atoms with Gasteiger partial charge in [0, 0.05) is 18.9 Å². The smallest absolute Gasteiger partial charge is 0.329 e. The molecule has 9 nitrogen and oxygen atoms in total. The van der Waals surface area contributed by atoms with E-state index in [0.717, 1.165) is 0 Å². The highest BCUT2D eigenvalue weighted by atomic mass is 19.1. The summed E-state index contributed by atoms with van der Waals surface area (Å²) in [6.07, 6.45) is 0.874. The highest BCUT2D eigenvalue weighted by molar-refractivity contribution is 5.97. The van der Waals surface area contributed by atoms with E-state index in [1.54, 1.807) is 6.92 Å². The van der Waals surface area contributed by atoms with Crippen LogP contribution < -0.4 is 14.8 Å². The van der Waals surface area contributed by atoms with Crippen molar-refractivity contribution in [3.63, 3.8) is 0 Å². The zero-order valence-corrected chi connectivity index (χ0v) is 20.9. The molecule has 1 aliphatic heterocycles. The van der Waals surface area contributed by atoms with Gasteiger partial charge in [0.15, 0.2) is 23.3 Å². The average molecular weight is 505 g/mol. The summed E-state index contributed by atoms with van der Waals surface area (Å²) in [5, 5.41) is 12.9. The average Bonchev–Trinajstić information content (AvgIpc) is 2.89. The molecule has 2 N–H and O–H groups in total. The molecule has 1 aliphatic rings. The van der Waals surface area contributed by atoms with E-state index in [1.165, 1.54) is 43.6 Å². The van der Waals surface area contributed by atoms with Crippen LogP contribution in [0.2, 0.25) is 0 Å². The number of nitrogens with zero attached hydrogens (tertiary/aromatic N) is 1. The third kappa shape index (κ3) is 7.07. The molecule has 196 valence electrons. The molecule has 2 heterocycles. The summed E-state index contributed by atoms with van der Waals surface area (Å²) >= 11 is 0. The number of cyclic esters (lactones) is 1. The molecule has 36 heavy (non-hydrogen) atoms. The fourth-order valence-electron chi connectivity index (χ4n) is 3.90. The van der Waals surface area contributed by atoms with Crippen molar-refractivity contribution in [3.8, 4) is 17.2 Å². The van der Waals surface area contributed by atoms with Gasteiger partial charge < -0.3 is 29.4 Å². The largest absolute Gasteiger partial charge is 0.503 e. The maximum absolute atomic E-state index is 13.4. The molecule has 0 bridgehead atoms. The molecule has 1 aromatic carbocycles. The van der Waals surface area contributed by atoms with Crippen molar-refractivity contribution in [1.82, 2.24) is 10.3 Å². The van der Waals surface area contributed by atoms with Gasteiger partial charge in [0.2, 0.25) is 0 Å². The van der Waals surface area contributed by atoms with Crippen LogP contribution in [0.15, 0.2) is 36.5 Å². The van der Waals surface area contributed by atoms with Crippen molar-refractivity contribution in [3.05, 3.63) is 48.0 Å². The first kappa shape index (κ1) is 27.2. The fourth-order valence-corrected chi connectivity index (χ4v) is 3.90. The minimum absolute atomic E-state index is 0.0896. The number of hydrogen-bond donors (Lipinski definition) is 2. The Balaban J connectivity index is 1.79. The van der Waals surface area contributed by atoms with Crippen molar-refractivity contribution < 1.29 is 38.0 Å². The highest BCUT2D eigenvalue weighted by Crippen LogP contribution is 2.28. The summed E-state index contributed by atoms with van der Waals surface area (Å²) in [4.78, 5) is 29.8. The summed E-state index contributed by atoms with van der Waals surface area (Å²) < 4.78 is 36.4. The lowest BCUT2D eigenvalue weighted by atomic mass is 10.0. The molecule has 4 atom stereocenters. The molecular weight excluding hydrogens is 471 g/mol. The van der Waals surface area contributed by atoms with Crippen LogP contribution in [0.3, 0.4) is 0 Å². The molecule has 1 amide bonds. The zero-order chi connectivity index (χ0) is 26.2. The first-order valence-corrected chi connectivity index (χ1v) is 12.0. The van der Waals surface area contributed by atoms with Crippen molar-refractivity contribution in [1.29, 1.82) is 0 Å². The minimum Gasteiger partial charge on any atom is -0.503 e. The second-order valence-corrected chi connectivity index (χ2v) is 9.11. The number of pyridine rings is 1. The summed E-state index contributed by atoms with van der Waals surface area (Å²) in [5.74, 6) is -1.39. The number of nitrogens with one attached hydrogen (secondary N) is 1. The topological polar surface area (TPSA) is 116 Å². The Morgan fingerprint density at radius 3 is 2.64 bits per heavy atom. The third-order valence-electron chi connectivity index (χ3n) is 5.75. The molecular formula is C26H33FN2O7. The number of amides is 1. The summed E-state index contributed by atoms with van der Waals surface area (Å²) in [6.45, 7) is 6.23. The van der Waals surface area contributed by atoms with Crippen LogP contribution in [0.1, 0.15) is 50.5 Å². The molecule has 1 saturated heterocycles. The normalized spacial score (nSPS) is 22.7. The third-order valence-corrected chi connectivity index (χ3v) is 5.75. The molecule has 1 aromatic heterocycles. The van der Waals surface area contributed by atoms with E-state index in [1.807, 2.05) is 13.8 Å². The van der Waals surface area contributed by atoms with E-state index in [0.29, 0.717) is 25.2 Å². The SMILES string of the molecule is COc1ccnc(C(=O)NC2CCCC(OCC(C)C)C(Oc3ccc(F)cc3)C(C)OC2=O)c1O. The maximum atomic E-state index is 13.4. The van der Waals surface area contributed by atoms with E-state index < -0.39 is 42.0 Å². The Bertz CT molecular complexity index is 1030. The van der Waals surface area contributed by atoms with Crippen LogP contribution in [0.4, 0.5) is 4.39 Å². The molecule has 10 heteroatoms. The Labute approximate surface area is 209 Å². The van der Waals surface area contributed by atoms with Crippen LogP contribution >= 0.6 is 0 Å². The number of esters is 1. The number of carbonyl (C=O) groups excluding carboxylic acids is 2. The van der Waals surface area contributed by atoms with Gasteiger partial charge in [0.1, 0.15) is 23.7 Å². The number of aromatic hydroxyl groups is 1. The van der Waals surface area contributed by atoms with Crippen molar-refractivity contribution in [2.75, 3.05) is 13.7 Å².